The molecular weight excluding hydrogens is 238 g/mol. The van der Waals surface area contributed by atoms with E-state index in [2.05, 4.69) is 17.4 Å². The second-order valence-electron chi connectivity index (χ2n) is 4.76. The number of β-amino-alcohol motifs (C(OH)–C–C–N with tert-alkyl or cyclic N) is 1. The maximum atomic E-state index is 10.3. The number of ether oxygens (including phenoxy) is 1. The summed E-state index contributed by atoms with van der Waals surface area (Å²) in [7, 11) is 1.67. The normalized spacial score (nSPS) is 21.4. The van der Waals surface area contributed by atoms with Crippen LogP contribution in [0.15, 0.2) is 48.5 Å². The van der Waals surface area contributed by atoms with E-state index in [0.717, 1.165) is 22.6 Å². The molecule has 0 fully saturated rings. The molecule has 1 aliphatic rings. The van der Waals surface area contributed by atoms with E-state index in [-0.39, 0.29) is 5.92 Å². The number of hydrogen-bond donors (Lipinski definition) is 2. The van der Waals surface area contributed by atoms with Crippen molar-refractivity contribution in [1.82, 2.24) is 0 Å². The number of rotatable bonds is 2. The van der Waals surface area contributed by atoms with Crippen molar-refractivity contribution in [3.05, 3.63) is 59.7 Å². The Morgan fingerprint density at radius 1 is 1.11 bits per heavy atom. The van der Waals surface area contributed by atoms with Gasteiger partial charge < -0.3 is 15.2 Å². The number of hydrogen-bond acceptors (Lipinski definition) is 3. The molecule has 2 aromatic carbocycles. The molecule has 0 unspecified atom stereocenters. The zero-order valence-electron chi connectivity index (χ0n) is 10.8. The molecule has 0 bridgehead atoms. The second-order valence-corrected chi connectivity index (χ2v) is 4.76. The first kappa shape index (κ1) is 12.1. The van der Waals surface area contributed by atoms with E-state index in [0.29, 0.717) is 6.54 Å². The van der Waals surface area contributed by atoms with Gasteiger partial charge in [0.05, 0.1) is 18.9 Å². The van der Waals surface area contributed by atoms with Crippen LogP contribution in [0.1, 0.15) is 17.0 Å². The van der Waals surface area contributed by atoms with Crippen molar-refractivity contribution >= 4 is 5.69 Å². The molecule has 2 N–H and O–H groups in total. The first-order chi connectivity index (χ1) is 9.31. The van der Waals surface area contributed by atoms with Crippen LogP contribution in [0.5, 0.6) is 5.75 Å². The van der Waals surface area contributed by atoms with Crippen LogP contribution in [0, 0.1) is 0 Å². The van der Waals surface area contributed by atoms with Crippen molar-refractivity contribution < 1.29 is 9.84 Å². The molecule has 0 saturated heterocycles. The van der Waals surface area contributed by atoms with Gasteiger partial charge in [-0.2, -0.15) is 0 Å². The molecular formula is C16H17NO2. The Kier molecular flexibility index (Phi) is 3.13. The lowest BCUT2D eigenvalue weighted by Gasteiger charge is -2.32. The van der Waals surface area contributed by atoms with Crippen LogP contribution in [0.25, 0.3) is 0 Å². The summed E-state index contributed by atoms with van der Waals surface area (Å²) in [4.78, 5) is 0. The summed E-state index contributed by atoms with van der Waals surface area (Å²) in [5.41, 5.74) is 3.21. The average molecular weight is 255 g/mol. The van der Waals surface area contributed by atoms with Gasteiger partial charge >= 0.3 is 0 Å². The highest BCUT2D eigenvalue weighted by Crippen LogP contribution is 2.41. The third-order valence-corrected chi connectivity index (χ3v) is 3.64. The molecule has 0 amide bonds. The largest absolute Gasteiger partial charge is 0.495 e. The SMILES string of the molecule is COc1cccc2c1NC[C@H](O)[C@H]2c1ccccc1. The summed E-state index contributed by atoms with van der Waals surface area (Å²) in [6, 6.07) is 16.1. The molecule has 3 heteroatoms. The van der Waals surface area contributed by atoms with Crippen molar-refractivity contribution in [2.75, 3.05) is 19.0 Å². The number of anilines is 1. The van der Waals surface area contributed by atoms with Gasteiger partial charge in [-0.1, -0.05) is 42.5 Å². The highest BCUT2D eigenvalue weighted by Gasteiger charge is 2.30. The van der Waals surface area contributed by atoms with E-state index in [1.54, 1.807) is 7.11 Å². The van der Waals surface area contributed by atoms with Crippen LogP contribution in [0.4, 0.5) is 5.69 Å². The Morgan fingerprint density at radius 3 is 2.63 bits per heavy atom. The maximum absolute atomic E-state index is 10.3. The fourth-order valence-electron chi connectivity index (χ4n) is 2.76. The molecule has 3 rings (SSSR count). The van der Waals surface area contributed by atoms with Crippen LogP contribution < -0.4 is 10.1 Å². The maximum Gasteiger partial charge on any atom is 0.142 e. The standard InChI is InChI=1S/C16H17NO2/c1-19-14-9-5-8-12-15(11-6-3-2-4-7-11)13(18)10-17-16(12)14/h2-9,13,15,17-18H,10H2,1H3/t13-,15-/m0/s1. The molecule has 0 aromatic heterocycles. The summed E-state index contributed by atoms with van der Waals surface area (Å²) >= 11 is 0. The number of para-hydroxylation sites is 1. The summed E-state index contributed by atoms with van der Waals surface area (Å²) in [6.07, 6.45) is -0.429. The molecule has 1 aliphatic heterocycles. The molecule has 3 nitrogen and oxygen atoms in total. The first-order valence-electron chi connectivity index (χ1n) is 6.45. The third-order valence-electron chi connectivity index (χ3n) is 3.64. The fraction of sp³-hybridized carbons (Fsp3) is 0.250. The molecule has 2 atom stereocenters. The van der Waals surface area contributed by atoms with Crippen molar-refractivity contribution in [1.29, 1.82) is 0 Å². The average Bonchev–Trinajstić information content (AvgIpc) is 2.47. The third kappa shape index (κ3) is 2.06. The molecule has 2 aromatic rings. The van der Waals surface area contributed by atoms with Gasteiger partial charge in [0.1, 0.15) is 5.75 Å². The van der Waals surface area contributed by atoms with Crippen LogP contribution in [0.3, 0.4) is 0 Å². The van der Waals surface area contributed by atoms with Crippen molar-refractivity contribution in [3.8, 4) is 5.75 Å². The van der Waals surface area contributed by atoms with Gasteiger partial charge in [-0.3, -0.25) is 0 Å². The van der Waals surface area contributed by atoms with Gasteiger partial charge in [0.2, 0.25) is 0 Å². The van der Waals surface area contributed by atoms with E-state index in [1.807, 2.05) is 36.4 Å². The predicted molar refractivity (Wildman–Crippen MR) is 75.8 cm³/mol. The molecule has 0 saturated carbocycles. The lowest BCUT2D eigenvalue weighted by Crippen LogP contribution is -2.33. The smallest absolute Gasteiger partial charge is 0.142 e. The molecule has 19 heavy (non-hydrogen) atoms. The lowest BCUT2D eigenvalue weighted by molar-refractivity contribution is 0.165. The summed E-state index contributed by atoms with van der Waals surface area (Å²) in [5, 5.41) is 13.6. The Hall–Kier alpha value is -2.00. The minimum atomic E-state index is -0.429. The Bertz CT molecular complexity index is 568. The highest BCUT2D eigenvalue weighted by atomic mass is 16.5. The number of fused-ring (bicyclic) bond motifs is 1. The quantitative estimate of drug-likeness (QED) is 0.866. The molecule has 1 heterocycles. The van der Waals surface area contributed by atoms with E-state index in [1.165, 1.54) is 0 Å². The number of nitrogens with one attached hydrogen (secondary N) is 1. The second kappa shape index (κ2) is 4.94. The zero-order valence-corrected chi connectivity index (χ0v) is 10.8. The number of benzene rings is 2. The molecule has 0 aliphatic carbocycles. The monoisotopic (exact) mass is 255 g/mol. The minimum absolute atomic E-state index is 0.00690. The van der Waals surface area contributed by atoms with Crippen LogP contribution in [-0.2, 0) is 0 Å². The minimum Gasteiger partial charge on any atom is -0.495 e. The summed E-state index contributed by atoms with van der Waals surface area (Å²) < 4.78 is 5.39. The Balaban J connectivity index is 2.12. The Morgan fingerprint density at radius 2 is 1.89 bits per heavy atom. The van der Waals surface area contributed by atoms with Crippen molar-refractivity contribution in [2.24, 2.45) is 0 Å². The number of aliphatic hydroxyl groups excluding tert-OH is 1. The van der Waals surface area contributed by atoms with E-state index in [4.69, 9.17) is 4.74 Å². The van der Waals surface area contributed by atoms with Gasteiger partial charge in [-0.15, -0.1) is 0 Å². The van der Waals surface area contributed by atoms with Gasteiger partial charge in [-0.25, -0.2) is 0 Å². The van der Waals surface area contributed by atoms with Crippen LogP contribution in [-0.4, -0.2) is 24.9 Å². The fourth-order valence-corrected chi connectivity index (χ4v) is 2.76. The predicted octanol–water partition coefficient (Wildman–Crippen LogP) is 2.61. The summed E-state index contributed by atoms with van der Waals surface area (Å²) in [6.45, 7) is 0.535. The van der Waals surface area contributed by atoms with E-state index >= 15 is 0 Å². The lowest BCUT2D eigenvalue weighted by atomic mass is 9.83. The number of methoxy groups -OCH3 is 1. The molecule has 0 spiro atoms. The van der Waals surface area contributed by atoms with Gasteiger partial charge in [0.15, 0.2) is 0 Å². The van der Waals surface area contributed by atoms with Crippen LogP contribution in [0.2, 0.25) is 0 Å². The molecule has 0 radical (unpaired) electrons. The van der Waals surface area contributed by atoms with Crippen molar-refractivity contribution in [2.45, 2.75) is 12.0 Å². The van der Waals surface area contributed by atoms with Gasteiger partial charge in [-0.05, 0) is 17.2 Å². The zero-order chi connectivity index (χ0) is 13.2. The van der Waals surface area contributed by atoms with Gasteiger partial charge in [0.25, 0.3) is 0 Å². The van der Waals surface area contributed by atoms with E-state index < -0.39 is 6.10 Å². The Labute approximate surface area is 112 Å². The topological polar surface area (TPSA) is 41.5 Å². The highest BCUT2D eigenvalue weighted by molar-refractivity contribution is 5.66. The molecule has 98 valence electrons. The number of aliphatic hydroxyl groups is 1. The van der Waals surface area contributed by atoms with Gasteiger partial charge in [0, 0.05) is 12.5 Å². The summed E-state index contributed by atoms with van der Waals surface area (Å²) in [5.74, 6) is 0.817. The van der Waals surface area contributed by atoms with Crippen LogP contribution >= 0.6 is 0 Å². The van der Waals surface area contributed by atoms with Crippen molar-refractivity contribution in [3.63, 3.8) is 0 Å². The van der Waals surface area contributed by atoms with E-state index in [9.17, 15) is 5.11 Å². The first-order valence-corrected chi connectivity index (χ1v) is 6.45.